The molecule has 0 saturated heterocycles. The molecule has 0 fully saturated rings. The van der Waals surface area contributed by atoms with Gasteiger partial charge in [0.05, 0.1) is 16.7 Å². The number of para-hydroxylation sites is 2. The maximum Gasteiger partial charge on any atom is 0.166 e. The molecule has 0 unspecified atom stereocenters. The summed E-state index contributed by atoms with van der Waals surface area (Å²) in [5.41, 5.74) is 10.7. The van der Waals surface area contributed by atoms with E-state index < -0.39 is 0 Å². The molecule has 266 valence electrons. The molecule has 0 spiro atoms. The van der Waals surface area contributed by atoms with Gasteiger partial charge in [-0.3, -0.25) is 0 Å². The average molecular weight is 727 g/mol. The molecular weight excluding hydrogens is 693 g/mol. The fraction of sp³-hybridized carbons (Fsp3) is 0. The van der Waals surface area contributed by atoms with Gasteiger partial charge in [0, 0.05) is 27.5 Å². The summed E-state index contributed by atoms with van der Waals surface area (Å²) in [4.78, 5) is 16.0. The lowest BCUT2D eigenvalue weighted by atomic mass is 9.97. The highest BCUT2D eigenvalue weighted by atomic mass is 15.1. The molecule has 0 aliphatic heterocycles. The minimum Gasteiger partial charge on any atom is -0.308 e. The van der Waals surface area contributed by atoms with Crippen LogP contribution in [0.25, 0.3) is 105 Å². The van der Waals surface area contributed by atoms with Crippen LogP contribution >= 0.6 is 0 Å². The van der Waals surface area contributed by atoms with Gasteiger partial charge in [-0.2, -0.15) is 0 Å². The molecule has 2 aromatic heterocycles. The molecule has 4 heteroatoms. The van der Waals surface area contributed by atoms with Gasteiger partial charge in [0.2, 0.25) is 0 Å². The van der Waals surface area contributed by atoms with Gasteiger partial charge in [-0.25, -0.2) is 15.0 Å². The summed E-state index contributed by atoms with van der Waals surface area (Å²) < 4.78 is 2.38. The van der Waals surface area contributed by atoms with Crippen molar-refractivity contribution in [2.45, 2.75) is 0 Å². The summed E-state index contributed by atoms with van der Waals surface area (Å²) in [5.74, 6) is 1.87. The van der Waals surface area contributed by atoms with E-state index in [9.17, 15) is 0 Å². The Bertz CT molecular complexity index is 3150. The Morgan fingerprint density at radius 2 is 0.702 bits per heavy atom. The molecule has 0 N–H and O–H groups in total. The van der Waals surface area contributed by atoms with E-state index in [1.165, 1.54) is 21.9 Å². The lowest BCUT2D eigenvalue weighted by molar-refractivity contribution is 1.07. The molecule has 0 aliphatic rings. The van der Waals surface area contributed by atoms with Crippen LogP contribution in [0.1, 0.15) is 0 Å². The first-order valence-corrected chi connectivity index (χ1v) is 19.3. The molecule has 11 rings (SSSR count). The van der Waals surface area contributed by atoms with Crippen molar-refractivity contribution in [3.8, 4) is 62.1 Å². The summed E-state index contributed by atoms with van der Waals surface area (Å²) >= 11 is 0. The SMILES string of the molecule is c1ccc(-c2cccc(-c3ccc(-c4nc(-c5cccc6ccccc56)nc(-c5cccc6ccccc56)n4)c(-n4c5ccccc5c5ccccc54)c3)c2)cc1. The van der Waals surface area contributed by atoms with Crippen LogP contribution in [0.4, 0.5) is 0 Å². The quantitative estimate of drug-likeness (QED) is 0.171. The monoisotopic (exact) mass is 726 g/mol. The van der Waals surface area contributed by atoms with Crippen LogP contribution in [0.15, 0.2) is 206 Å². The van der Waals surface area contributed by atoms with Crippen LogP contribution in [0, 0.1) is 0 Å². The number of nitrogens with zero attached hydrogens (tertiary/aromatic N) is 4. The highest BCUT2D eigenvalue weighted by Gasteiger charge is 2.21. The first-order valence-electron chi connectivity index (χ1n) is 19.3. The molecule has 57 heavy (non-hydrogen) atoms. The Kier molecular flexibility index (Phi) is 7.78. The highest BCUT2D eigenvalue weighted by molar-refractivity contribution is 6.10. The van der Waals surface area contributed by atoms with Crippen LogP contribution in [0.5, 0.6) is 0 Å². The Balaban J connectivity index is 1.21. The van der Waals surface area contributed by atoms with Crippen LogP contribution in [0.3, 0.4) is 0 Å². The van der Waals surface area contributed by atoms with E-state index >= 15 is 0 Å². The molecule has 0 saturated carbocycles. The van der Waals surface area contributed by atoms with E-state index in [1.807, 2.05) is 0 Å². The van der Waals surface area contributed by atoms with Crippen LogP contribution in [0.2, 0.25) is 0 Å². The predicted octanol–water partition coefficient (Wildman–Crippen LogP) is 13.6. The number of hydrogen-bond donors (Lipinski definition) is 0. The molecule has 4 nitrogen and oxygen atoms in total. The molecule has 0 amide bonds. The maximum absolute atomic E-state index is 5.38. The molecule has 9 aromatic carbocycles. The summed E-state index contributed by atoms with van der Waals surface area (Å²) in [6, 6.07) is 72.9. The number of rotatable bonds is 6. The third-order valence-electron chi connectivity index (χ3n) is 11.1. The van der Waals surface area contributed by atoms with Gasteiger partial charge >= 0.3 is 0 Å². The molecule has 0 atom stereocenters. The Labute approximate surface area is 330 Å². The van der Waals surface area contributed by atoms with Gasteiger partial charge < -0.3 is 4.57 Å². The van der Waals surface area contributed by atoms with Crippen molar-refractivity contribution < 1.29 is 0 Å². The van der Waals surface area contributed by atoms with Crippen LogP contribution in [-0.4, -0.2) is 19.5 Å². The zero-order valence-corrected chi connectivity index (χ0v) is 30.9. The van der Waals surface area contributed by atoms with Crippen molar-refractivity contribution in [3.05, 3.63) is 206 Å². The Morgan fingerprint density at radius 3 is 1.30 bits per heavy atom. The zero-order valence-electron chi connectivity index (χ0n) is 30.9. The lowest BCUT2D eigenvalue weighted by Crippen LogP contribution is -2.04. The molecule has 11 aromatic rings. The average Bonchev–Trinajstić information content (AvgIpc) is 3.63. The van der Waals surface area contributed by atoms with Gasteiger partial charge in [-0.05, 0) is 74.1 Å². The third-order valence-corrected chi connectivity index (χ3v) is 11.1. The first-order chi connectivity index (χ1) is 28.3. The lowest BCUT2D eigenvalue weighted by Gasteiger charge is -2.17. The minimum atomic E-state index is 0.609. The van der Waals surface area contributed by atoms with Gasteiger partial charge in [0.1, 0.15) is 0 Å². The van der Waals surface area contributed by atoms with Gasteiger partial charge in [0.25, 0.3) is 0 Å². The van der Waals surface area contributed by atoms with E-state index in [4.69, 9.17) is 15.0 Å². The summed E-state index contributed by atoms with van der Waals surface area (Å²) in [7, 11) is 0. The second-order valence-corrected chi connectivity index (χ2v) is 14.4. The summed E-state index contributed by atoms with van der Waals surface area (Å²) in [5, 5.41) is 6.85. The second-order valence-electron chi connectivity index (χ2n) is 14.4. The summed E-state index contributed by atoms with van der Waals surface area (Å²) in [6.45, 7) is 0. The maximum atomic E-state index is 5.38. The number of benzene rings is 9. The predicted molar refractivity (Wildman–Crippen MR) is 236 cm³/mol. The van der Waals surface area contributed by atoms with E-state index in [0.29, 0.717) is 17.5 Å². The van der Waals surface area contributed by atoms with Crippen molar-refractivity contribution in [2.24, 2.45) is 0 Å². The largest absolute Gasteiger partial charge is 0.308 e. The fourth-order valence-corrected chi connectivity index (χ4v) is 8.35. The topological polar surface area (TPSA) is 43.6 Å². The smallest absolute Gasteiger partial charge is 0.166 e. The molecule has 0 bridgehead atoms. The van der Waals surface area contributed by atoms with Crippen molar-refractivity contribution >= 4 is 43.4 Å². The van der Waals surface area contributed by atoms with E-state index in [-0.39, 0.29) is 0 Å². The van der Waals surface area contributed by atoms with E-state index in [2.05, 4.69) is 211 Å². The zero-order chi connectivity index (χ0) is 37.7. The standard InChI is InChI=1S/C53H34N4/c1-2-15-35(16-3-1)38-21-12-22-39(33-38)40-31-32-47(50(34-40)57-48-29-10-8-25-43(48)44-26-9-11-30-49(44)57)53-55-51(45-27-13-19-36-17-4-6-23-41(36)45)54-52(56-53)46-28-14-20-37-18-5-7-24-42(37)46/h1-34H. The van der Waals surface area contributed by atoms with Gasteiger partial charge in [0.15, 0.2) is 17.5 Å². The first kappa shape index (κ1) is 32.7. The second kappa shape index (κ2) is 13.6. The molecule has 0 radical (unpaired) electrons. The Hall–Kier alpha value is -7.69. The summed E-state index contributed by atoms with van der Waals surface area (Å²) in [6.07, 6.45) is 0. The van der Waals surface area contributed by atoms with Gasteiger partial charge in [-0.15, -0.1) is 0 Å². The fourth-order valence-electron chi connectivity index (χ4n) is 8.35. The number of fused-ring (bicyclic) bond motifs is 5. The van der Waals surface area contributed by atoms with E-state index in [0.717, 1.165) is 66.1 Å². The normalized spacial score (nSPS) is 11.5. The van der Waals surface area contributed by atoms with Crippen molar-refractivity contribution in [1.29, 1.82) is 0 Å². The van der Waals surface area contributed by atoms with E-state index in [1.54, 1.807) is 0 Å². The van der Waals surface area contributed by atoms with Crippen LogP contribution < -0.4 is 0 Å². The van der Waals surface area contributed by atoms with Crippen LogP contribution in [-0.2, 0) is 0 Å². The Morgan fingerprint density at radius 1 is 0.281 bits per heavy atom. The van der Waals surface area contributed by atoms with Gasteiger partial charge in [-0.1, -0.05) is 176 Å². The van der Waals surface area contributed by atoms with Crippen molar-refractivity contribution in [2.75, 3.05) is 0 Å². The molecule has 0 aliphatic carbocycles. The van der Waals surface area contributed by atoms with Crippen molar-refractivity contribution in [1.82, 2.24) is 19.5 Å². The minimum absolute atomic E-state index is 0.609. The number of aromatic nitrogens is 4. The molecule has 2 heterocycles. The third kappa shape index (κ3) is 5.66. The molecular formula is C53H34N4. The van der Waals surface area contributed by atoms with Crippen molar-refractivity contribution in [3.63, 3.8) is 0 Å². The highest BCUT2D eigenvalue weighted by Crippen LogP contribution is 2.40. The number of hydrogen-bond acceptors (Lipinski definition) is 3.